The standard InChI is InChI=1S/C12H27N3.HI/c1-6-13-12(15-9-11(4)5)14-8-7-10(2)3;/h10-11H,6-9H2,1-5H3,(H2,13,14,15);1H. The summed E-state index contributed by atoms with van der Waals surface area (Å²) in [7, 11) is 0. The largest absolute Gasteiger partial charge is 0.357 e. The third kappa shape index (κ3) is 12.1. The van der Waals surface area contributed by atoms with E-state index in [4.69, 9.17) is 0 Å². The SMILES string of the molecule is CCNC(=NCC(C)C)NCCC(C)C.I. The monoisotopic (exact) mass is 341 g/mol. The Balaban J connectivity index is 0. The molecule has 98 valence electrons. The first-order chi connectivity index (χ1) is 7.06. The minimum Gasteiger partial charge on any atom is -0.357 e. The molecule has 0 saturated carbocycles. The molecule has 0 saturated heterocycles. The van der Waals surface area contributed by atoms with Gasteiger partial charge in [-0.15, -0.1) is 24.0 Å². The Bertz CT molecular complexity index is 179. The molecule has 0 unspecified atom stereocenters. The van der Waals surface area contributed by atoms with E-state index in [1.54, 1.807) is 0 Å². The van der Waals surface area contributed by atoms with Crippen LogP contribution in [0.2, 0.25) is 0 Å². The molecular formula is C12H28IN3. The lowest BCUT2D eigenvalue weighted by Crippen LogP contribution is -2.38. The first kappa shape index (κ1) is 18.4. The minimum atomic E-state index is 0. The van der Waals surface area contributed by atoms with Crippen molar-refractivity contribution in [2.75, 3.05) is 19.6 Å². The smallest absolute Gasteiger partial charge is 0.191 e. The van der Waals surface area contributed by atoms with Crippen molar-refractivity contribution in [3.8, 4) is 0 Å². The maximum absolute atomic E-state index is 4.50. The van der Waals surface area contributed by atoms with Crippen molar-refractivity contribution >= 4 is 29.9 Å². The molecule has 0 aliphatic rings. The van der Waals surface area contributed by atoms with Gasteiger partial charge in [-0.1, -0.05) is 27.7 Å². The predicted octanol–water partition coefficient (Wildman–Crippen LogP) is 2.86. The van der Waals surface area contributed by atoms with Gasteiger partial charge >= 0.3 is 0 Å². The quantitative estimate of drug-likeness (QED) is 0.443. The molecule has 0 atom stereocenters. The highest BCUT2D eigenvalue weighted by Gasteiger charge is 1.98. The van der Waals surface area contributed by atoms with Crippen LogP contribution in [0.3, 0.4) is 0 Å². The van der Waals surface area contributed by atoms with E-state index in [1.807, 2.05) is 0 Å². The van der Waals surface area contributed by atoms with Gasteiger partial charge in [-0.05, 0) is 25.2 Å². The molecule has 0 amide bonds. The molecule has 0 heterocycles. The van der Waals surface area contributed by atoms with Gasteiger partial charge in [0.2, 0.25) is 0 Å². The topological polar surface area (TPSA) is 36.4 Å². The van der Waals surface area contributed by atoms with Crippen molar-refractivity contribution in [3.05, 3.63) is 0 Å². The second kappa shape index (κ2) is 11.5. The lowest BCUT2D eigenvalue weighted by molar-refractivity contribution is 0.572. The average molecular weight is 341 g/mol. The Labute approximate surface area is 118 Å². The zero-order valence-corrected chi connectivity index (χ0v) is 13.7. The van der Waals surface area contributed by atoms with Gasteiger partial charge in [-0.3, -0.25) is 4.99 Å². The van der Waals surface area contributed by atoms with Crippen LogP contribution in [0.1, 0.15) is 41.0 Å². The fraction of sp³-hybridized carbons (Fsp3) is 0.917. The highest BCUT2D eigenvalue weighted by Crippen LogP contribution is 1.96. The van der Waals surface area contributed by atoms with Gasteiger partial charge in [-0.2, -0.15) is 0 Å². The lowest BCUT2D eigenvalue weighted by Gasteiger charge is -2.12. The molecular weight excluding hydrogens is 313 g/mol. The maximum Gasteiger partial charge on any atom is 0.191 e. The number of aliphatic imine (C=N–C) groups is 1. The van der Waals surface area contributed by atoms with Gasteiger partial charge in [0.1, 0.15) is 0 Å². The number of halogens is 1. The molecule has 0 aromatic carbocycles. The van der Waals surface area contributed by atoms with Crippen LogP contribution in [0.4, 0.5) is 0 Å². The molecule has 0 radical (unpaired) electrons. The molecule has 0 bridgehead atoms. The number of rotatable bonds is 6. The highest BCUT2D eigenvalue weighted by molar-refractivity contribution is 14.0. The molecule has 0 fully saturated rings. The number of hydrogen-bond acceptors (Lipinski definition) is 1. The number of guanidine groups is 1. The van der Waals surface area contributed by atoms with Crippen molar-refractivity contribution in [1.82, 2.24) is 10.6 Å². The van der Waals surface area contributed by atoms with Crippen molar-refractivity contribution in [2.45, 2.75) is 41.0 Å². The van der Waals surface area contributed by atoms with E-state index >= 15 is 0 Å². The summed E-state index contributed by atoms with van der Waals surface area (Å²) in [6.45, 7) is 13.7. The Hall–Kier alpha value is 0. The van der Waals surface area contributed by atoms with Crippen molar-refractivity contribution < 1.29 is 0 Å². The summed E-state index contributed by atoms with van der Waals surface area (Å²) in [5.41, 5.74) is 0. The van der Waals surface area contributed by atoms with Crippen LogP contribution >= 0.6 is 24.0 Å². The average Bonchev–Trinajstić information content (AvgIpc) is 2.13. The second-order valence-electron chi connectivity index (χ2n) is 4.72. The summed E-state index contributed by atoms with van der Waals surface area (Å²) in [5.74, 6) is 2.31. The number of nitrogens with one attached hydrogen (secondary N) is 2. The molecule has 16 heavy (non-hydrogen) atoms. The molecule has 3 nitrogen and oxygen atoms in total. The Morgan fingerprint density at radius 2 is 1.69 bits per heavy atom. The summed E-state index contributed by atoms with van der Waals surface area (Å²) < 4.78 is 0. The molecule has 0 aromatic heterocycles. The number of hydrogen-bond donors (Lipinski definition) is 2. The zero-order valence-electron chi connectivity index (χ0n) is 11.3. The zero-order chi connectivity index (χ0) is 11.7. The van der Waals surface area contributed by atoms with E-state index in [-0.39, 0.29) is 24.0 Å². The van der Waals surface area contributed by atoms with Crippen LogP contribution in [0.15, 0.2) is 4.99 Å². The molecule has 0 aliphatic heterocycles. The van der Waals surface area contributed by atoms with E-state index in [0.717, 1.165) is 31.5 Å². The van der Waals surface area contributed by atoms with Gasteiger partial charge in [0.05, 0.1) is 0 Å². The number of nitrogens with zero attached hydrogens (tertiary/aromatic N) is 1. The van der Waals surface area contributed by atoms with E-state index in [1.165, 1.54) is 6.42 Å². The Morgan fingerprint density at radius 3 is 2.12 bits per heavy atom. The van der Waals surface area contributed by atoms with Gasteiger partial charge in [0.15, 0.2) is 5.96 Å². The fourth-order valence-corrected chi connectivity index (χ4v) is 1.09. The Kier molecular flexibility index (Phi) is 13.2. The molecule has 0 rings (SSSR count). The lowest BCUT2D eigenvalue weighted by atomic mass is 10.1. The van der Waals surface area contributed by atoms with Gasteiger partial charge < -0.3 is 10.6 Å². The first-order valence-corrected chi connectivity index (χ1v) is 6.08. The van der Waals surface area contributed by atoms with Crippen LogP contribution in [0, 0.1) is 11.8 Å². The van der Waals surface area contributed by atoms with Crippen molar-refractivity contribution in [1.29, 1.82) is 0 Å². The first-order valence-electron chi connectivity index (χ1n) is 6.08. The van der Waals surface area contributed by atoms with Gasteiger partial charge in [-0.25, -0.2) is 0 Å². The predicted molar refractivity (Wildman–Crippen MR) is 83.7 cm³/mol. The van der Waals surface area contributed by atoms with Gasteiger partial charge in [0, 0.05) is 19.6 Å². The Morgan fingerprint density at radius 1 is 1.06 bits per heavy atom. The van der Waals surface area contributed by atoms with E-state index < -0.39 is 0 Å². The van der Waals surface area contributed by atoms with Crippen LogP contribution in [0.5, 0.6) is 0 Å². The van der Waals surface area contributed by atoms with Crippen molar-refractivity contribution in [2.24, 2.45) is 16.8 Å². The highest BCUT2D eigenvalue weighted by atomic mass is 127. The van der Waals surface area contributed by atoms with Crippen LogP contribution in [0.25, 0.3) is 0 Å². The fourth-order valence-electron chi connectivity index (χ4n) is 1.09. The summed E-state index contributed by atoms with van der Waals surface area (Å²) in [5, 5.41) is 6.60. The summed E-state index contributed by atoms with van der Waals surface area (Å²) >= 11 is 0. The molecule has 2 N–H and O–H groups in total. The summed E-state index contributed by atoms with van der Waals surface area (Å²) in [4.78, 5) is 4.50. The van der Waals surface area contributed by atoms with Crippen LogP contribution < -0.4 is 10.6 Å². The van der Waals surface area contributed by atoms with Crippen LogP contribution in [-0.4, -0.2) is 25.6 Å². The normalized spacial score (nSPS) is 11.6. The molecule has 4 heteroatoms. The molecule has 0 spiro atoms. The molecule has 0 aromatic rings. The van der Waals surface area contributed by atoms with Crippen LogP contribution in [-0.2, 0) is 0 Å². The summed E-state index contributed by atoms with van der Waals surface area (Å²) in [6, 6.07) is 0. The van der Waals surface area contributed by atoms with E-state index in [2.05, 4.69) is 50.2 Å². The third-order valence-electron chi connectivity index (χ3n) is 1.97. The minimum absolute atomic E-state index is 0. The second-order valence-corrected chi connectivity index (χ2v) is 4.72. The maximum atomic E-state index is 4.50. The molecule has 0 aliphatic carbocycles. The summed E-state index contributed by atoms with van der Waals surface area (Å²) in [6.07, 6.45) is 1.19. The third-order valence-corrected chi connectivity index (χ3v) is 1.97. The van der Waals surface area contributed by atoms with Gasteiger partial charge in [0.25, 0.3) is 0 Å². The van der Waals surface area contributed by atoms with Crippen molar-refractivity contribution in [3.63, 3.8) is 0 Å². The van der Waals surface area contributed by atoms with E-state index in [9.17, 15) is 0 Å². The van der Waals surface area contributed by atoms with E-state index in [0.29, 0.717) is 5.92 Å².